The van der Waals surface area contributed by atoms with Crippen LogP contribution in [0.3, 0.4) is 0 Å². The second-order valence-corrected chi connectivity index (χ2v) is 6.40. The first-order valence-electron chi connectivity index (χ1n) is 8.85. The Kier molecular flexibility index (Phi) is 6.20. The van der Waals surface area contributed by atoms with Crippen LogP contribution in [0, 0.1) is 0 Å². The van der Waals surface area contributed by atoms with Crippen LogP contribution in [-0.4, -0.2) is 56.3 Å². The van der Waals surface area contributed by atoms with Crippen LogP contribution in [0.2, 0.25) is 0 Å². The van der Waals surface area contributed by atoms with E-state index >= 15 is 0 Å². The van der Waals surface area contributed by atoms with Gasteiger partial charge in [0, 0.05) is 57.7 Å². The van der Waals surface area contributed by atoms with Gasteiger partial charge in [0.15, 0.2) is 0 Å². The molecule has 0 bridgehead atoms. The van der Waals surface area contributed by atoms with E-state index in [1.807, 2.05) is 23.1 Å². The van der Waals surface area contributed by atoms with E-state index in [9.17, 15) is 4.79 Å². The van der Waals surface area contributed by atoms with Gasteiger partial charge in [-0.15, -0.1) is 0 Å². The Balaban J connectivity index is 1.72. The van der Waals surface area contributed by atoms with Crippen LogP contribution in [0.25, 0.3) is 0 Å². The molecule has 0 saturated heterocycles. The van der Waals surface area contributed by atoms with Gasteiger partial charge < -0.3 is 19.3 Å². The Morgan fingerprint density at radius 1 is 1.15 bits per heavy atom. The predicted octanol–water partition coefficient (Wildman–Crippen LogP) is 2.59. The number of hydrogen-bond acceptors (Lipinski definition) is 5. The number of carbonyl (C=O) groups is 1. The highest BCUT2D eigenvalue weighted by molar-refractivity contribution is 6.06. The number of amides is 1. The number of likely N-dealkylation sites (N-methyl/N-ethyl adjacent to an activating group) is 1. The van der Waals surface area contributed by atoms with Crippen molar-refractivity contribution in [2.45, 2.75) is 13.0 Å². The average molecular weight is 355 g/mol. The topological polar surface area (TPSA) is 54.9 Å². The molecule has 0 aliphatic carbocycles. The predicted molar refractivity (Wildman–Crippen MR) is 101 cm³/mol. The molecule has 3 rings (SSSR count). The lowest BCUT2D eigenvalue weighted by Crippen LogP contribution is -2.35. The molecule has 0 atom stereocenters. The lowest BCUT2D eigenvalue weighted by molar-refractivity contribution is 0.0985. The zero-order valence-electron chi connectivity index (χ0n) is 15.4. The first-order valence-corrected chi connectivity index (χ1v) is 8.85. The molecular formula is C20H25N3O3. The number of aromatic nitrogens is 1. The molecule has 2 heterocycles. The van der Waals surface area contributed by atoms with E-state index < -0.39 is 0 Å². The smallest absolute Gasteiger partial charge is 0.259 e. The SMILES string of the molecule is COCCCOc1ccc(C(=O)N2CCN(C)Cc3ccccc32)cn1. The Morgan fingerprint density at radius 2 is 2.00 bits per heavy atom. The fraction of sp³-hybridized carbons (Fsp3) is 0.400. The monoisotopic (exact) mass is 355 g/mol. The van der Waals surface area contributed by atoms with E-state index in [-0.39, 0.29) is 5.91 Å². The lowest BCUT2D eigenvalue weighted by Gasteiger charge is -2.22. The molecule has 1 aromatic carbocycles. The minimum atomic E-state index is -0.0359. The van der Waals surface area contributed by atoms with Crippen LogP contribution in [0.1, 0.15) is 22.3 Å². The summed E-state index contributed by atoms with van der Waals surface area (Å²) in [5.74, 6) is 0.486. The molecular weight excluding hydrogens is 330 g/mol. The molecule has 26 heavy (non-hydrogen) atoms. The second kappa shape index (κ2) is 8.78. The third-order valence-corrected chi connectivity index (χ3v) is 4.40. The van der Waals surface area contributed by atoms with Gasteiger partial charge in [-0.1, -0.05) is 18.2 Å². The first-order chi connectivity index (χ1) is 12.7. The molecule has 2 aromatic rings. The maximum Gasteiger partial charge on any atom is 0.259 e. The van der Waals surface area contributed by atoms with Crippen molar-refractivity contribution >= 4 is 11.6 Å². The Morgan fingerprint density at radius 3 is 2.77 bits per heavy atom. The molecule has 1 aliphatic rings. The van der Waals surface area contributed by atoms with Gasteiger partial charge >= 0.3 is 0 Å². The highest BCUT2D eigenvalue weighted by Gasteiger charge is 2.23. The maximum atomic E-state index is 13.0. The van der Waals surface area contributed by atoms with E-state index in [1.165, 1.54) is 0 Å². The van der Waals surface area contributed by atoms with Crippen LogP contribution in [0.5, 0.6) is 5.88 Å². The number of anilines is 1. The molecule has 0 saturated carbocycles. The van der Waals surface area contributed by atoms with Crippen molar-refractivity contribution in [2.75, 3.05) is 45.4 Å². The quantitative estimate of drug-likeness (QED) is 0.746. The van der Waals surface area contributed by atoms with Crippen LogP contribution in [-0.2, 0) is 11.3 Å². The summed E-state index contributed by atoms with van der Waals surface area (Å²) in [5.41, 5.74) is 2.70. The Labute approximate surface area is 154 Å². The molecule has 0 spiro atoms. The van der Waals surface area contributed by atoms with Crippen molar-refractivity contribution in [2.24, 2.45) is 0 Å². The summed E-state index contributed by atoms with van der Waals surface area (Å²) in [5, 5.41) is 0. The third-order valence-electron chi connectivity index (χ3n) is 4.40. The van der Waals surface area contributed by atoms with Crippen molar-refractivity contribution in [3.63, 3.8) is 0 Å². The van der Waals surface area contributed by atoms with Crippen molar-refractivity contribution in [1.82, 2.24) is 9.88 Å². The highest BCUT2D eigenvalue weighted by Crippen LogP contribution is 2.26. The van der Waals surface area contributed by atoms with Gasteiger partial charge in [0.1, 0.15) is 0 Å². The molecule has 138 valence electrons. The summed E-state index contributed by atoms with van der Waals surface area (Å²) in [4.78, 5) is 21.4. The van der Waals surface area contributed by atoms with E-state index in [0.717, 1.165) is 30.8 Å². The average Bonchev–Trinajstić information content (AvgIpc) is 2.83. The zero-order chi connectivity index (χ0) is 18.4. The molecule has 6 nitrogen and oxygen atoms in total. The van der Waals surface area contributed by atoms with Crippen LogP contribution >= 0.6 is 0 Å². The molecule has 0 unspecified atom stereocenters. The van der Waals surface area contributed by atoms with Gasteiger partial charge in [-0.05, 0) is 24.7 Å². The summed E-state index contributed by atoms with van der Waals surface area (Å²) in [6.45, 7) is 3.52. The number of methoxy groups -OCH3 is 1. The minimum Gasteiger partial charge on any atom is -0.478 e. The lowest BCUT2D eigenvalue weighted by atomic mass is 10.1. The molecule has 1 aliphatic heterocycles. The Bertz CT molecular complexity index is 733. The number of rotatable bonds is 6. The standard InChI is InChI=1S/C20H25N3O3/c1-22-10-11-23(18-7-4-3-6-17(18)15-22)20(24)16-8-9-19(21-14-16)26-13-5-12-25-2/h3-4,6-9,14H,5,10-13,15H2,1-2H3. The van der Waals surface area contributed by atoms with Crippen molar-refractivity contribution in [1.29, 1.82) is 0 Å². The maximum absolute atomic E-state index is 13.0. The molecule has 1 amide bonds. The number of ether oxygens (including phenoxy) is 2. The van der Waals surface area contributed by atoms with E-state index in [0.29, 0.717) is 31.2 Å². The summed E-state index contributed by atoms with van der Waals surface area (Å²) in [6.07, 6.45) is 2.39. The number of hydrogen-bond donors (Lipinski definition) is 0. The molecule has 0 N–H and O–H groups in total. The van der Waals surface area contributed by atoms with Gasteiger partial charge in [-0.3, -0.25) is 4.79 Å². The van der Waals surface area contributed by atoms with Gasteiger partial charge in [0.2, 0.25) is 5.88 Å². The van der Waals surface area contributed by atoms with Gasteiger partial charge in [0.25, 0.3) is 5.91 Å². The van der Waals surface area contributed by atoms with Crippen molar-refractivity contribution < 1.29 is 14.3 Å². The van der Waals surface area contributed by atoms with Crippen LogP contribution < -0.4 is 9.64 Å². The van der Waals surface area contributed by atoms with Crippen LogP contribution in [0.15, 0.2) is 42.6 Å². The number of benzene rings is 1. The zero-order valence-corrected chi connectivity index (χ0v) is 15.4. The van der Waals surface area contributed by atoms with Gasteiger partial charge in [-0.2, -0.15) is 0 Å². The largest absolute Gasteiger partial charge is 0.478 e. The number of carbonyl (C=O) groups excluding carboxylic acids is 1. The van der Waals surface area contributed by atoms with Crippen molar-refractivity contribution in [3.05, 3.63) is 53.7 Å². The summed E-state index contributed by atoms with van der Waals surface area (Å²) < 4.78 is 10.5. The normalized spacial score (nSPS) is 14.6. The first kappa shape index (κ1) is 18.4. The fourth-order valence-electron chi connectivity index (χ4n) is 3.01. The Hall–Kier alpha value is -2.44. The molecule has 0 radical (unpaired) electrons. The molecule has 0 fully saturated rings. The van der Waals surface area contributed by atoms with E-state index in [2.05, 4.69) is 23.0 Å². The van der Waals surface area contributed by atoms with Gasteiger partial charge in [-0.25, -0.2) is 4.98 Å². The molecule has 1 aromatic heterocycles. The second-order valence-electron chi connectivity index (χ2n) is 6.40. The minimum absolute atomic E-state index is 0.0359. The van der Waals surface area contributed by atoms with Gasteiger partial charge in [0.05, 0.1) is 12.2 Å². The number of fused-ring (bicyclic) bond motifs is 1. The summed E-state index contributed by atoms with van der Waals surface area (Å²) >= 11 is 0. The summed E-state index contributed by atoms with van der Waals surface area (Å²) in [6, 6.07) is 11.6. The fourth-order valence-corrected chi connectivity index (χ4v) is 3.01. The summed E-state index contributed by atoms with van der Waals surface area (Å²) in [7, 11) is 3.74. The number of nitrogens with zero attached hydrogens (tertiary/aromatic N) is 3. The third kappa shape index (κ3) is 4.39. The van der Waals surface area contributed by atoms with Crippen LogP contribution in [0.4, 0.5) is 5.69 Å². The number of pyridine rings is 1. The van der Waals surface area contributed by atoms with E-state index in [1.54, 1.807) is 25.4 Å². The molecule has 6 heteroatoms. The number of para-hydroxylation sites is 1. The van der Waals surface area contributed by atoms with E-state index in [4.69, 9.17) is 9.47 Å². The van der Waals surface area contributed by atoms with Crippen molar-refractivity contribution in [3.8, 4) is 5.88 Å². The highest BCUT2D eigenvalue weighted by atomic mass is 16.5.